The van der Waals surface area contributed by atoms with Crippen molar-refractivity contribution in [1.82, 2.24) is 14.5 Å². The second-order valence-corrected chi connectivity index (χ2v) is 13.7. The first-order valence-electron chi connectivity index (χ1n) is 16.8. The van der Waals surface area contributed by atoms with Crippen molar-refractivity contribution in [1.29, 1.82) is 0 Å². The first kappa shape index (κ1) is 28.6. The molecule has 10 rings (SSSR count). The summed E-state index contributed by atoms with van der Waals surface area (Å²) >= 11 is 1.77. The fourth-order valence-corrected chi connectivity index (χ4v) is 8.24. The van der Waals surface area contributed by atoms with Gasteiger partial charge >= 0.3 is 0 Å². The third-order valence-corrected chi connectivity index (χ3v) is 10.8. The molecule has 0 aliphatic carbocycles. The van der Waals surface area contributed by atoms with Crippen LogP contribution in [0.25, 0.3) is 92.7 Å². The van der Waals surface area contributed by atoms with Gasteiger partial charge in [0.05, 0.1) is 27.3 Å². The minimum Gasteiger partial charge on any atom is -0.309 e. The molecule has 3 nitrogen and oxygen atoms in total. The van der Waals surface area contributed by atoms with Crippen molar-refractivity contribution in [2.75, 3.05) is 0 Å². The summed E-state index contributed by atoms with van der Waals surface area (Å²) in [4.78, 5) is 11.5. The van der Waals surface area contributed by atoms with Gasteiger partial charge in [0.15, 0.2) is 5.82 Å². The number of hydrogen-bond acceptors (Lipinski definition) is 3. The fraction of sp³-hybridized carbons (Fsp3) is 0. The van der Waals surface area contributed by atoms with Gasteiger partial charge in [-0.1, -0.05) is 121 Å². The molecule has 0 saturated heterocycles. The summed E-state index contributed by atoms with van der Waals surface area (Å²) in [6.45, 7) is 0. The maximum Gasteiger partial charge on any atom is 0.160 e. The summed E-state index contributed by atoms with van der Waals surface area (Å²) in [5.74, 6) is 0.710. The fourth-order valence-electron chi connectivity index (χ4n) is 7.22. The van der Waals surface area contributed by atoms with Gasteiger partial charge in [0, 0.05) is 32.3 Å². The minimum absolute atomic E-state index is 0.710. The molecule has 0 saturated carbocycles. The van der Waals surface area contributed by atoms with Crippen molar-refractivity contribution in [2.45, 2.75) is 0 Å². The Morgan fingerprint density at radius 1 is 0.420 bits per heavy atom. The van der Waals surface area contributed by atoms with Crippen LogP contribution in [0.1, 0.15) is 0 Å². The summed E-state index contributed by atoms with van der Waals surface area (Å²) in [5, 5.41) is 6.23. The average molecular weight is 656 g/mol. The number of para-hydroxylation sites is 2. The molecule has 0 atom stereocenters. The molecular weight excluding hydrogens is 627 g/mol. The van der Waals surface area contributed by atoms with Crippen LogP contribution in [0.15, 0.2) is 176 Å². The Morgan fingerprint density at radius 3 is 1.74 bits per heavy atom. The van der Waals surface area contributed by atoms with E-state index in [4.69, 9.17) is 9.97 Å². The van der Waals surface area contributed by atoms with Gasteiger partial charge in [0.1, 0.15) is 0 Å². The highest BCUT2D eigenvalue weighted by molar-refractivity contribution is 7.22. The van der Waals surface area contributed by atoms with Gasteiger partial charge in [-0.2, -0.15) is 0 Å². The zero-order valence-electron chi connectivity index (χ0n) is 27.0. The van der Waals surface area contributed by atoms with E-state index in [2.05, 4.69) is 180 Å². The van der Waals surface area contributed by atoms with Crippen molar-refractivity contribution in [3.05, 3.63) is 176 Å². The lowest BCUT2D eigenvalue weighted by atomic mass is 9.97. The van der Waals surface area contributed by atoms with E-state index < -0.39 is 0 Å². The summed E-state index contributed by atoms with van der Waals surface area (Å²) in [6.07, 6.45) is 0. The second-order valence-electron chi connectivity index (χ2n) is 12.6. The molecule has 0 amide bonds. The van der Waals surface area contributed by atoms with Crippen molar-refractivity contribution in [3.63, 3.8) is 0 Å². The molecule has 0 aliphatic rings. The van der Waals surface area contributed by atoms with E-state index in [1.807, 2.05) is 0 Å². The molecule has 0 spiro atoms. The van der Waals surface area contributed by atoms with Crippen LogP contribution in [0.3, 0.4) is 0 Å². The standard InChI is InChI=1S/C46H29N3S/c1-3-13-36-30(10-1)12-9-16-37(36)31-20-22-32(23-21-31)40-29-41(45-28-34-11-2-8-19-44(34)50-45)48-46(47-40)33-24-26-35(27-25-33)49-42-17-6-4-14-38(42)39-15-5-7-18-43(39)49/h1-29H. The minimum atomic E-state index is 0.710. The van der Waals surface area contributed by atoms with Crippen LogP contribution in [0, 0.1) is 0 Å². The van der Waals surface area contributed by atoms with E-state index >= 15 is 0 Å². The number of thiophene rings is 1. The second kappa shape index (κ2) is 11.7. The van der Waals surface area contributed by atoms with Gasteiger partial charge in [0.2, 0.25) is 0 Å². The SMILES string of the molecule is c1ccc2sc(-c3cc(-c4ccc(-c5cccc6ccccc56)cc4)nc(-c4ccc(-n5c6ccccc6c6ccccc65)cc4)n3)cc2c1. The molecule has 0 N–H and O–H groups in total. The van der Waals surface area contributed by atoms with E-state index in [0.29, 0.717) is 5.82 Å². The summed E-state index contributed by atoms with van der Waals surface area (Å²) in [6, 6.07) is 62.6. The number of benzene rings is 7. The Morgan fingerprint density at radius 2 is 1.00 bits per heavy atom. The molecule has 3 aromatic heterocycles. The molecule has 7 aromatic carbocycles. The third kappa shape index (κ3) is 4.80. The maximum atomic E-state index is 5.18. The normalized spacial score (nSPS) is 11.6. The van der Waals surface area contributed by atoms with E-state index in [9.17, 15) is 0 Å². The highest BCUT2D eigenvalue weighted by Gasteiger charge is 2.15. The summed E-state index contributed by atoms with van der Waals surface area (Å²) in [7, 11) is 0. The summed E-state index contributed by atoms with van der Waals surface area (Å²) in [5.41, 5.74) is 9.77. The molecule has 234 valence electrons. The smallest absolute Gasteiger partial charge is 0.160 e. The molecule has 0 radical (unpaired) electrons. The lowest BCUT2D eigenvalue weighted by Gasteiger charge is -2.11. The Labute approximate surface area is 293 Å². The summed E-state index contributed by atoms with van der Waals surface area (Å²) < 4.78 is 3.59. The van der Waals surface area contributed by atoms with Crippen LogP contribution in [0.5, 0.6) is 0 Å². The quantitative estimate of drug-likeness (QED) is 0.185. The first-order chi connectivity index (χ1) is 24.8. The van der Waals surface area contributed by atoms with Crippen LogP contribution in [-0.4, -0.2) is 14.5 Å². The molecule has 10 aromatic rings. The van der Waals surface area contributed by atoms with Gasteiger partial charge in [-0.25, -0.2) is 9.97 Å². The van der Waals surface area contributed by atoms with Crippen molar-refractivity contribution < 1.29 is 0 Å². The molecule has 0 unspecified atom stereocenters. The monoisotopic (exact) mass is 655 g/mol. The van der Waals surface area contributed by atoms with E-state index in [1.54, 1.807) is 11.3 Å². The molecular formula is C46H29N3S. The highest BCUT2D eigenvalue weighted by Crippen LogP contribution is 2.37. The number of nitrogens with zero attached hydrogens (tertiary/aromatic N) is 3. The lowest BCUT2D eigenvalue weighted by Crippen LogP contribution is -1.97. The van der Waals surface area contributed by atoms with Gasteiger partial charge in [0.25, 0.3) is 0 Å². The van der Waals surface area contributed by atoms with Crippen molar-refractivity contribution in [2.24, 2.45) is 0 Å². The van der Waals surface area contributed by atoms with Crippen LogP contribution in [-0.2, 0) is 0 Å². The molecule has 0 fully saturated rings. The van der Waals surface area contributed by atoms with Crippen LogP contribution < -0.4 is 0 Å². The lowest BCUT2D eigenvalue weighted by molar-refractivity contribution is 1.16. The molecule has 4 heteroatoms. The Hall–Kier alpha value is -6.36. The molecule has 50 heavy (non-hydrogen) atoms. The van der Waals surface area contributed by atoms with Crippen LogP contribution in [0.2, 0.25) is 0 Å². The Bertz CT molecular complexity index is 2770. The largest absolute Gasteiger partial charge is 0.309 e. The number of rotatable bonds is 5. The predicted molar refractivity (Wildman–Crippen MR) is 211 cm³/mol. The number of aromatic nitrogens is 3. The van der Waals surface area contributed by atoms with Gasteiger partial charge < -0.3 is 4.57 Å². The average Bonchev–Trinajstić information content (AvgIpc) is 3.78. The molecule has 3 heterocycles. The predicted octanol–water partition coefficient (Wildman–Crippen LogP) is 12.6. The number of fused-ring (bicyclic) bond motifs is 5. The van der Waals surface area contributed by atoms with Crippen LogP contribution in [0.4, 0.5) is 0 Å². The van der Waals surface area contributed by atoms with Gasteiger partial charge in [-0.15, -0.1) is 11.3 Å². The Balaban J connectivity index is 1.08. The van der Waals surface area contributed by atoms with E-state index in [-0.39, 0.29) is 0 Å². The highest BCUT2D eigenvalue weighted by atomic mass is 32.1. The van der Waals surface area contributed by atoms with E-state index in [0.717, 1.165) is 33.1 Å². The van der Waals surface area contributed by atoms with Gasteiger partial charge in [-0.05, 0) is 81.9 Å². The van der Waals surface area contributed by atoms with Crippen molar-refractivity contribution >= 4 is 54.0 Å². The van der Waals surface area contributed by atoms with E-state index in [1.165, 1.54) is 53.8 Å². The zero-order valence-corrected chi connectivity index (χ0v) is 27.8. The third-order valence-electron chi connectivity index (χ3n) is 9.65. The van der Waals surface area contributed by atoms with Crippen LogP contribution >= 0.6 is 11.3 Å². The zero-order chi connectivity index (χ0) is 33.0. The maximum absolute atomic E-state index is 5.18. The van der Waals surface area contributed by atoms with Gasteiger partial charge in [-0.3, -0.25) is 0 Å². The molecule has 0 aliphatic heterocycles. The number of hydrogen-bond donors (Lipinski definition) is 0. The van der Waals surface area contributed by atoms with Crippen molar-refractivity contribution in [3.8, 4) is 50.0 Å². The molecule has 0 bridgehead atoms. The Kier molecular flexibility index (Phi) is 6.68. The first-order valence-corrected chi connectivity index (χ1v) is 17.6. The topological polar surface area (TPSA) is 30.7 Å².